The summed E-state index contributed by atoms with van der Waals surface area (Å²) in [6.07, 6.45) is 1.39. The Hall–Kier alpha value is -1.30. The molecule has 98 valence electrons. The van der Waals surface area contributed by atoms with Crippen molar-refractivity contribution >= 4 is 12.0 Å². The van der Waals surface area contributed by atoms with Crippen LogP contribution in [0.3, 0.4) is 0 Å². The monoisotopic (exact) mass is 244 g/mol. The summed E-state index contributed by atoms with van der Waals surface area (Å²) in [4.78, 5) is 24.9. The van der Waals surface area contributed by atoms with Gasteiger partial charge in [0.2, 0.25) is 0 Å². The van der Waals surface area contributed by atoms with E-state index in [-0.39, 0.29) is 6.03 Å². The Labute approximate surface area is 101 Å². The lowest BCUT2D eigenvalue weighted by Gasteiger charge is -2.28. The second-order valence-electron chi connectivity index (χ2n) is 3.91. The molecule has 6 heteroatoms. The van der Waals surface area contributed by atoms with Gasteiger partial charge in [0, 0.05) is 13.1 Å². The first-order valence-electron chi connectivity index (χ1n) is 5.90. The highest BCUT2D eigenvalue weighted by Crippen LogP contribution is 2.02. The third-order valence-electron chi connectivity index (χ3n) is 2.66. The predicted octanol–water partition coefficient (Wildman–Crippen LogP) is 0.370. The summed E-state index contributed by atoms with van der Waals surface area (Å²) in [5.74, 6) is -0.395. The average Bonchev–Trinajstić information content (AvgIpc) is 2.38. The van der Waals surface area contributed by atoms with E-state index in [9.17, 15) is 9.59 Å². The number of nitrogens with zero attached hydrogens (tertiary/aromatic N) is 1. The Balaban J connectivity index is 2.47. The van der Waals surface area contributed by atoms with Crippen LogP contribution in [0.4, 0.5) is 4.79 Å². The van der Waals surface area contributed by atoms with E-state index >= 15 is 0 Å². The largest absolute Gasteiger partial charge is 0.467 e. The van der Waals surface area contributed by atoms with E-state index in [1.807, 2.05) is 6.92 Å². The Kier molecular flexibility index (Phi) is 5.76. The SMILES string of the molecule is CCCC(NC(=O)N1CCOCC1)C(=O)OC. The van der Waals surface area contributed by atoms with Gasteiger partial charge in [0.25, 0.3) is 0 Å². The number of urea groups is 1. The molecule has 0 saturated carbocycles. The van der Waals surface area contributed by atoms with Gasteiger partial charge < -0.3 is 19.7 Å². The van der Waals surface area contributed by atoms with Crippen molar-refractivity contribution < 1.29 is 19.1 Å². The summed E-state index contributed by atoms with van der Waals surface area (Å²) in [6, 6.07) is -0.780. The zero-order chi connectivity index (χ0) is 12.7. The van der Waals surface area contributed by atoms with E-state index in [4.69, 9.17) is 4.74 Å². The molecule has 6 nitrogen and oxygen atoms in total. The highest BCUT2D eigenvalue weighted by Gasteiger charge is 2.24. The molecule has 0 aromatic carbocycles. The first-order valence-corrected chi connectivity index (χ1v) is 5.90. The third-order valence-corrected chi connectivity index (χ3v) is 2.66. The van der Waals surface area contributed by atoms with Crippen molar-refractivity contribution in [1.82, 2.24) is 10.2 Å². The Morgan fingerprint density at radius 2 is 2.06 bits per heavy atom. The first-order chi connectivity index (χ1) is 8.19. The fourth-order valence-corrected chi connectivity index (χ4v) is 1.69. The lowest BCUT2D eigenvalue weighted by molar-refractivity contribution is -0.143. The van der Waals surface area contributed by atoms with Gasteiger partial charge in [0.1, 0.15) is 6.04 Å². The maximum absolute atomic E-state index is 11.9. The summed E-state index contributed by atoms with van der Waals surface area (Å²) in [5.41, 5.74) is 0. The van der Waals surface area contributed by atoms with Crippen LogP contribution >= 0.6 is 0 Å². The van der Waals surface area contributed by atoms with Crippen LogP contribution in [0.15, 0.2) is 0 Å². The van der Waals surface area contributed by atoms with Gasteiger partial charge in [-0.25, -0.2) is 9.59 Å². The van der Waals surface area contributed by atoms with Crippen LogP contribution in [0.25, 0.3) is 0 Å². The molecule has 0 bridgehead atoms. The van der Waals surface area contributed by atoms with Crippen molar-refractivity contribution in [2.75, 3.05) is 33.4 Å². The lowest BCUT2D eigenvalue weighted by atomic mass is 10.2. The molecule has 1 aliphatic heterocycles. The number of esters is 1. The molecule has 1 aliphatic rings. The van der Waals surface area contributed by atoms with E-state index < -0.39 is 12.0 Å². The van der Waals surface area contributed by atoms with E-state index in [0.29, 0.717) is 32.7 Å². The standard InChI is InChI=1S/C11H20N2O4/c1-3-4-9(10(14)16-2)12-11(15)13-5-7-17-8-6-13/h9H,3-8H2,1-2H3,(H,12,15). The van der Waals surface area contributed by atoms with E-state index in [1.165, 1.54) is 7.11 Å². The maximum Gasteiger partial charge on any atom is 0.328 e. The van der Waals surface area contributed by atoms with Crippen LogP contribution in [0.1, 0.15) is 19.8 Å². The number of carbonyl (C=O) groups is 2. The average molecular weight is 244 g/mol. The highest BCUT2D eigenvalue weighted by atomic mass is 16.5. The van der Waals surface area contributed by atoms with Gasteiger partial charge in [-0.15, -0.1) is 0 Å². The quantitative estimate of drug-likeness (QED) is 0.725. The molecule has 0 spiro atoms. The number of nitrogens with one attached hydrogen (secondary N) is 1. The number of morpholine rings is 1. The lowest BCUT2D eigenvalue weighted by Crippen LogP contribution is -2.51. The fraction of sp³-hybridized carbons (Fsp3) is 0.818. The fourth-order valence-electron chi connectivity index (χ4n) is 1.69. The molecule has 0 aromatic rings. The van der Waals surface area contributed by atoms with E-state index in [1.54, 1.807) is 4.90 Å². The number of carbonyl (C=O) groups excluding carboxylic acids is 2. The Morgan fingerprint density at radius 3 is 2.59 bits per heavy atom. The van der Waals surface area contributed by atoms with Crippen molar-refractivity contribution in [1.29, 1.82) is 0 Å². The van der Waals surface area contributed by atoms with Crippen molar-refractivity contribution in [3.8, 4) is 0 Å². The number of hydrogen-bond acceptors (Lipinski definition) is 4. The maximum atomic E-state index is 11.9. The smallest absolute Gasteiger partial charge is 0.328 e. The van der Waals surface area contributed by atoms with Crippen LogP contribution in [0.2, 0.25) is 0 Å². The molecule has 0 radical (unpaired) electrons. The number of rotatable bonds is 4. The molecule has 1 heterocycles. The van der Waals surface area contributed by atoms with Crippen LogP contribution in [-0.4, -0.2) is 56.4 Å². The summed E-state index contributed by atoms with van der Waals surface area (Å²) in [6.45, 7) is 4.17. The molecule has 17 heavy (non-hydrogen) atoms. The normalized spacial score (nSPS) is 17.4. The molecule has 2 amide bonds. The Bertz CT molecular complexity index is 264. The number of amides is 2. The molecule has 0 aromatic heterocycles. The number of hydrogen-bond donors (Lipinski definition) is 1. The minimum absolute atomic E-state index is 0.225. The first kappa shape index (κ1) is 13.8. The topological polar surface area (TPSA) is 67.9 Å². The van der Waals surface area contributed by atoms with Gasteiger partial charge in [-0.2, -0.15) is 0 Å². The van der Waals surface area contributed by atoms with Gasteiger partial charge >= 0.3 is 12.0 Å². The minimum atomic E-state index is -0.555. The van der Waals surface area contributed by atoms with Crippen molar-refractivity contribution in [3.63, 3.8) is 0 Å². The van der Waals surface area contributed by atoms with Crippen LogP contribution in [0, 0.1) is 0 Å². The van der Waals surface area contributed by atoms with E-state index in [0.717, 1.165) is 6.42 Å². The molecule has 1 fully saturated rings. The third kappa shape index (κ3) is 4.22. The summed E-state index contributed by atoms with van der Waals surface area (Å²) in [5, 5.41) is 2.70. The number of ether oxygens (including phenoxy) is 2. The molecular weight excluding hydrogens is 224 g/mol. The van der Waals surface area contributed by atoms with Gasteiger partial charge in [-0.3, -0.25) is 0 Å². The van der Waals surface area contributed by atoms with Gasteiger partial charge in [0.05, 0.1) is 20.3 Å². The van der Waals surface area contributed by atoms with Gasteiger partial charge in [-0.1, -0.05) is 13.3 Å². The molecule has 1 saturated heterocycles. The molecule has 1 unspecified atom stereocenters. The predicted molar refractivity (Wildman–Crippen MR) is 61.6 cm³/mol. The van der Waals surface area contributed by atoms with Crippen LogP contribution in [-0.2, 0) is 14.3 Å². The molecule has 1 N–H and O–H groups in total. The zero-order valence-corrected chi connectivity index (χ0v) is 10.4. The van der Waals surface area contributed by atoms with Crippen molar-refractivity contribution in [3.05, 3.63) is 0 Å². The summed E-state index contributed by atoms with van der Waals surface area (Å²) < 4.78 is 9.81. The van der Waals surface area contributed by atoms with Crippen LogP contribution in [0.5, 0.6) is 0 Å². The second kappa shape index (κ2) is 7.11. The van der Waals surface area contributed by atoms with Crippen LogP contribution < -0.4 is 5.32 Å². The molecule has 1 atom stereocenters. The summed E-state index contributed by atoms with van der Waals surface area (Å²) in [7, 11) is 1.33. The van der Waals surface area contributed by atoms with Crippen molar-refractivity contribution in [2.45, 2.75) is 25.8 Å². The second-order valence-corrected chi connectivity index (χ2v) is 3.91. The highest BCUT2D eigenvalue weighted by molar-refractivity contribution is 5.83. The zero-order valence-electron chi connectivity index (χ0n) is 10.4. The molecular formula is C11H20N2O4. The van der Waals surface area contributed by atoms with E-state index in [2.05, 4.69) is 10.1 Å². The number of methoxy groups -OCH3 is 1. The van der Waals surface area contributed by atoms with Gasteiger partial charge in [0.15, 0.2) is 0 Å². The molecule has 0 aliphatic carbocycles. The summed E-state index contributed by atoms with van der Waals surface area (Å²) >= 11 is 0. The van der Waals surface area contributed by atoms with Crippen molar-refractivity contribution in [2.24, 2.45) is 0 Å². The van der Waals surface area contributed by atoms with Gasteiger partial charge in [-0.05, 0) is 6.42 Å². The Morgan fingerprint density at radius 1 is 1.41 bits per heavy atom. The minimum Gasteiger partial charge on any atom is -0.467 e. The molecule has 1 rings (SSSR count).